The predicted octanol–water partition coefficient (Wildman–Crippen LogP) is 4.17. The number of rotatable bonds is 15. The number of nitrogens with zero attached hydrogens (tertiary/aromatic N) is 1. The molecule has 0 aliphatic rings. The summed E-state index contributed by atoms with van der Waals surface area (Å²) < 4.78 is 26.5. The summed E-state index contributed by atoms with van der Waals surface area (Å²) in [5.74, 6) is -0.763. The summed E-state index contributed by atoms with van der Waals surface area (Å²) >= 11 is 0. The largest absolute Gasteiger partial charge is 0.310 e. The first kappa shape index (κ1) is 23.6. The van der Waals surface area contributed by atoms with Gasteiger partial charge in [0.25, 0.3) is 0 Å². The lowest BCUT2D eigenvalue weighted by Gasteiger charge is -2.09. The van der Waals surface area contributed by atoms with Crippen molar-refractivity contribution in [3.8, 4) is 0 Å². The Kier molecular flexibility index (Phi) is 11.9. The van der Waals surface area contributed by atoms with Gasteiger partial charge in [-0.3, -0.25) is 4.79 Å². The van der Waals surface area contributed by atoms with E-state index in [-0.39, 0.29) is 0 Å². The zero-order chi connectivity index (χ0) is 20.0. The smallest absolute Gasteiger partial charge is 0.242 e. The zero-order valence-corrected chi connectivity index (χ0v) is 17.6. The SMILES string of the molecule is CCCCCCCCCCCCNS(=O)(=O)CC(=O)Nc1ncccc1C. The van der Waals surface area contributed by atoms with Gasteiger partial charge in [0, 0.05) is 12.7 Å². The van der Waals surface area contributed by atoms with Crippen LogP contribution in [0.25, 0.3) is 0 Å². The fourth-order valence-corrected chi connectivity index (χ4v) is 3.82. The number of carbonyl (C=O) groups is 1. The summed E-state index contributed by atoms with van der Waals surface area (Å²) in [5.41, 5.74) is 0.793. The highest BCUT2D eigenvalue weighted by Gasteiger charge is 2.16. The molecule has 0 atom stereocenters. The molecule has 0 fully saturated rings. The van der Waals surface area contributed by atoms with E-state index in [0.29, 0.717) is 12.4 Å². The molecule has 1 amide bonds. The first-order valence-electron chi connectivity index (χ1n) is 10.1. The van der Waals surface area contributed by atoms with E-state index in [0.717, 1.165) is 24.8 Å². The molecule has 0 aliphatic carbocycles. The molecule has 0 spiro atoms. The van der Waals surface area contributed by atoms with Crippen LogP contribution in [0.15, 0.2) is 18.3 Å². The maximum atomic E-state index is 12.0. The van der Waals surface area contributed by atoms with Gasteiger partial charge in [-0.15, -0.1) is 0 Å². The number of carbonyl (C=O) groups excluding carboxylic acids is 1. The third kappa shape index (κ3) is 11.8. The summed E-state index contributed by atoms with van der Waals surface area (Å²) in [5, 5.41) is 2.54. The number of aromatic nitrogens is 1. The Bertz CT molecular complexity index is 648. The maximum Gasteiger partial charge on any atom is 0.242 e. The predicted molar refractivity (Wildman–Crippen MR) is 111 cm³/mol. The lowest BCUT2D eigenvalue weighted by Crippen LogP contribution is -2.33. The molecule has 0 aromatic carbocycles. The first-order chi connectivity index (χ1) is 12.9. The lowest BCUT2D eigenvalue weighted by atomic mass is 10.1. The molecule has 0 saturated heterocycles. The molecule has 1 rings (SSSR count). The maximum absolute atomic E-state index is 12.0. The van der Waals surface area contributed by atoms with E-state index in [1.165, 1.54) is 44.9 Å². The normalized spacial score (nSPS) is 11.5. The average Bonchev–Trinajstić information content (AvgIpc) is 2.61. The minimum atomic E-state index is -3.61. The van der Waals surface area contributed by atoms with Gasteiger partial charge in [-0.05, 0) is 25.0 Å². The second-order valence-electron chi connectivity index (χ2n) is 7.05. The minimum Gasteiger partial charge on any atom is -0.310 e. The highest BCUT2D eigenvalue weighted by molar-refractivity contribution is 7.90. The molecule has 0 aliphatic heterocycles. The molecule has 2 N–H and O–H groups in total. The van der Waals surface area contributed by atoms with Crippen LogP contribution in [0.1, 0.15) is 76.7 Å². The van der Waals surface area contributed by atoms with E-state index in [1.807, 2.05) is 0 Å². The zero-order valence-electron chi connectivity index (χ0n) is 16.8. The van der Waals surface area contributed by atoms with E-state index < -0.39 is 21.7 Å². The van der Waals surface area contributed by atoms with E-state index >= 15 is 0 Å². The topological polar surface area (TPSA) is 88.2 Å². The number of pyridine rings is 1. The van der Waals surface area contributed by atoms with Crippen LogP contribution in [0.2, 0.25) is 0 Å². The van der Waals surface area contributed by atoms with E-state index in [1.54, 1.807) is 25.3 Å². The van der Waals surface area contributed by atoms with Gasteiger partial charge in [-0.1, -0.05) is 70.8 Å². The molecular formula is C20H35N3O3S. The van der Waals surface area contributed by atoms with Crippen molar-refractivity contribution in [2.24, 2.45) is 0 Å². The van der Waals surface area contributed by atoms with Crippen molar-refractivity contribution in [2.75, 3.05) is 17.6 Å². The fraction of sp³-hybridized carbons (Fsp3) is 0.700. The van der Waals surface area contributed by atoms with Crippen LogP contribution in [0.3, 0.4) is 0 Å². The highest BCUT2D eigenvalue weighted by Crippen LogP contribution is 2.11. The van der Waals surface area contributed by atoms with Gasteiger partial charge in [0.05, 0.1) is 0 Å². The third-order valence-electron chi connectivity index (χ3n) is 4.44. The molecule has 6 nitrogen and oxygen atoms in total. The van der Waals surface area contributed by atoms with Crippen molar-refractivity contribution in [2.45, 2.75) is 78.1 Å². The number of hydrogen-bond acceptors (Lipinski definition) is 4. The van der Waals surface area contributed by atoms with E-state index in [4.69, 9.17) is 0 Å². The van der Waals surface area contributed by atoms with Crippen molar-refractivity contribution in [3.63, 3.8) is 0 Å². The van der Waals surface area contributed by atoms with Crippen molar-refractivity contribution < 1.29 is 13.2 Å². The number of nitrogens with one attached hydrogen (secondary N) is 2. The van der Waals surface area contributed by atoms with Crippen LogP contribution in [0.5, 0.6) is 0 Å². The number of anilines is 1. The summed E-state index contributed by atoms with van der Waals surface area (Å²) in [7, 11) is -3.61. The molecule has 0 radical (unpaired) electrons. The first-order valence-corrected chi connectivity index (χ1v) is 11.8. The summed E-state index contributed by atoms with van der Waals surface area (Å²) in [6.45, 7) is 4.41. The number of amides is 1. The standard InChI is InChI=1S/C20H35N3O3S/c1-3-4-5-6-7-8-9-10-11-12-16-22-27(25,26)17-19(24)23-20-18(2)14-13-15-21-20/h13-15,22H,3-12,16-17H2,1-2H3,(H,21,23,24). The van der Waals surface area contributed by atoms with Crippen molar-refractivity contribution in [1.82, 2.24) is 9.71 Å². The fourth-order valence-electron chi connectivity index (χ4n) is 2.85. The third-order valence-corrected chi connectivity index (χ3v) is 5.73. The molecule has 27 heavy (non-hydrogen) atoms. The Hall–Kier alpha value is -1.47. The minimum absolute atomic E-state index is 0.384. The Morgan fingerprint density at radius 1 is 1.00 bits per heavy atom. The van der Waals surface area contributed by atoms with Crippen molar-refractivity contribution >= 4 is 21.7 Å². The number of unbranched alkanes of at least 4 members (excludes halogenated alkanes) is 9. The number of hydrogen-bond donors (Lipinski definition) is 2. The molecule has 1 heterocycles. The van der Waals surface area contributed by atoms with Crippen LogP contribution in [0, 0.1) is 6.92 Å². The Morgan fingerprint density at radius 3 is 2.19 bits per heavy atom. The molecule has 7 heteroatoms. The Labute approximate surface area is 164 Å². The van der Waals surface area contributed by atoms with Crippen LogP contribution >= 0.6 is 0 Å². The molecule has 1 aromatic heterocycles. The van der Waals surface area contributed by atoms with Crippen LogP contribution < -0.4 is 10.0 Å². The molecule has 0 saturated carbocycles. The van der Waals surface area contributed by atoms with Gasteiger partial charge in [-0.25, -0.2) is 18.1 Å². The highest BCUT2D eigenvalue weighted by atomic mass is 32.2. The Morgan fingerprint density at radius 2 is 1.59 bits per heavy atom. The number of sulfonamides is 1. The summed E-state index contributed by atoms with van der Waals surface area (Å²) in [4.78, 5) is 15.9. The van der Waals surface area contributed by atoms with Gasteiger partial charge in [-0.2, -0.15) is 0 Å². The Balaban J connectivity index is 2.10. The van der Waals surface area contributed by atoms with Gasteiger partial charge < -0.3 is 5.32 Å². The lowest BCUT2D eigenvalue weighted by molar-refractivity contribution is -0.113. The second-order valence-corrected chi connectivity index (χ2v) is 8.86. The number of aryl methyl sites for hydroxylation is 1. The van der Waals surface area contributed by atoms with Crippen molar-refractivity contribution in [3.05, 3.63) is 23.9 Å². The van der Waals surface area contributed by atoms with E-state index in [9.17, 15) is 13.2 Å². The van der Waals surface area contributed by atoms with Gasteiger partial charge in [0.1, 0.15) is 11.6 Å². The summed E-state index contributed by atoms with van der Waals surface area (Å²) in [6, 6.07) is 3.57. The molecule has 0 unspecified atom stereocenters. The molecule has 1 aromatic rings. The molecule has 154 valence electrons. The van der Waals surface area contributed by atoms with Gasteiger partial charge in [0.2, 0.25) is 15.9 Å². The van der Waals surface area contributed by atoms with Crippen LogP contribution in [-0.2, 0) is 14.8 Å². The quantitative estimate of drug-likeness (QED) is 0.435. The van der Waals surface area contributed by atoms with Crippen LogP contribution in [-0.4, -0.2) is 31.6 Å². The second kappa shape index (κ2) is 13.7. The molecule has 0 bridgehead atoms. The monoisotopic (exact) mass is 397 g/mol. The van der Waals surface area contributed by atoms with E-state index in [2.05, 4.69) is 21.9 Å². The van der Waals surface area contributed by atoms with Gasteiger partial charge in [0.15, 0.2) is 0 Å². The van der Waals surface area contributed by atoms with Crippen molar-refractivity contribution in [1.29, 1.82) is 0 Å². The molecular weight excluding hydrogens is 362 g/mol. The summed E-state index contributed by atoms with van der Waals surface area (Å²) in [6.07, 6.45) is 13.6. The van der Waals surface area contributed by atoms with Gasteiger partial charge >= 0.3 is 0 Å². The van der Waals surface area contributed by atoms with Crippen LogP contribution in [0.4, 0.5) is 5.82 Å². The average molecular weight is 398 g/mol.